The molecule has 4 heteroatoms. The van der Waals surface area contributed by atoms with Crippen LogP contribution in [0.4, 0.5) is 4.39 Å². The van der Waals surface area contributed by atoms with E-state index in [1.54, 1.807) is 13.2 Å². The Hall–Kier alpha value is -2.07. The van der Waals surface area contributed by atoms with Gasteiger partial charge in [0.1, 0.15) is 5.75 Å². The first-order chi connectivity index (χ1) is 9.63. The van der Waals surface area contributed by atoms with Crippen LogP contribution in [0.15, 0.2) is 42.5 Å². The van der Waals surface area contributed by atoms with Crippen LogP contribution < -0.4 is 15.2 Å². The fourth-order valence-corrected chi connectivity index (χ4v) is 2.08. The van der Waals surface area contributed by atoms with Crippen LogP contribution in [0.25, 0.3) is 0 Å². The van der Waals surface area contributed by atoms with Crippen LogP contribution in [0, 0.1) is 5.82 Å². The maximum absolute atomic E-state index is 13.6. The van der Waals surface area contributed by atoms with Gasteiger partial charge in [0, 0.05) is 6.04 Å². The van der Waals surface area contributed by atoms with Crippen molar-refractivity contribution in [2.24, 2.45) is 5.73 Å². The predicted molar refractivity (Wildman–Crippen MR) is 76.6 cm³/mol. The Bertz CT molecular complexity index is 586. The smallest absolute Gasteiger partial charge is 0.165 e. The lowest BCUT2D eigenvalue weighted by molar-refractivity contribution is 0.386. The maximum Gasteiger partial charge on any atom is 0.165 e. The van der Waals surface area contributed by atoms with Crippen molar-refractivity contribution in [1.29, 1.82) is 0 Å². The fraction of sp³-hybridized carbons (Fsp3) is 0.250. The van der Waals surface area contributed by atoms with E-state index in [4.69, 9.17) is 15.2 Å². The first kappa shape index (κ1) is 14.3. The standard InChI is InChI=1S/C16H18FNO2/c1-19-13-5-3-4-12(10-13)15(18)9-11-6-7-16(20-2)14(17)8-11/h3-8,10,15H,9,18H2,1-2H3. The molecule has 1 atom stereocenters. The number of benzene rings is 2. The van der Waals surface area contributed by atoms with Crippen LogP contribution >= 0.6 is 0 Å². The molecule has 0 amide bonds. The van der Waals surface area contributed by atoms with Gasteiger partial charge in [-0.1, -0.05) is 18.2 Å². The van der Waals surface area contributed by atoms with Gasteiger partial charge >= 0.3 is 0 Å². The first-order valence-electron chi connectivity index (χ1n) is 6.36. The zero-order valence-electron chi connectivity index (χ0n) is 11.6. The molecule has 2 N–H and O–H groups in total. The van der Waals surface area contributed by atoms with Crippen LogP contribution in [0.2, 0.25) is 0 Å². The minimum Gasteiger partial charge on any atom is -0.497 e. The lowest BCUT2D eigenvalue weighted by Crippen LogP contribution is -2.13. The third kappa shape index (κ3) is 3.27. The van der Waals surface area contributed by atoms with Gasteiger partial charge in [-0.2, -0.15) is 0 Å². The fourth-order valence-electron chi connectivity index (χ4n) is 2.08. The van der Waals surface area contributed by atoms with E-state index in [1.165, 1.54) is 13.2 Å². The molecule has 1 unspecified atom stereocenters. The van der Waals surface area contributed by atoms with Crippen LogP contribution in [0.3, 0.4) is 0 Å². The summed E-state index contributed by atoms with van der Waals surface area (Å²) >= 11 is 0. The molecule has 2 aromatic rings. The van der Waals surface area contributed by atoms with Crippen molar-refractivity contribution < 1.29 is 13.9 Å². The number of hydrogen-bond donors (Lipinski definition) is 1. The van der Waals surface area contributed by atoms with Gasteiger partial charge in [0.05, 0.1) is 14.2 Å². The third-order valence-electron chi connectivity index (χ3n) is 3.19. The summed E-state index contributed by atoms with van der Waals surface area (Å²) in [4.78, 5) is 0. The lowest BCUT2D eigenvalue weighted by atomic mass is 9.99. The summed E-state index contributed by atoms with van der Waals surface area (Å²) < 4.78 is 23.7. The molecule has 0 aliphatic carbocycles. The minimum absolute atomic E-state index is 0.210. The Morgan fingerprint density at radius 1 is 1.10 bits per heavy atom. The van der Waals surface area contributed by atoms with Crippen molar-refractivity contribution in [2.75, 3.05) is 14.2 Å². The molecule has 20 heavy (non-hydrogen) atoms. The monoisotopic (exact) mass is 275 g/mol. The van der Waals surface area contributed by atoms with E-state index < -0.39 is 0 Å². The summed E-state index contributed by atoms with van der Waals surface area (Å²) in [7, 11) is 3.06. The number of methoxy groups -OCH3 is 2. The predicted octanol–water partition coefficient (Wildman–Crippen LogP) is 3.09. The molecule has 0 saturated carbocycles. The summed E-state index contributed by atoms with van der Waals surface area (Å²) in [5, 5.41) is 0. The second-order valence-corrected chi connectivity index (χ2v) is 4.56. The molecule has 0 bridgehead atoms. The van der Waals surface area contributed by atoms with Crippen LogP contribution in [-0.2, 0) is 6.42 Å². The van der Waals surface area contributed by atoms with E-state index in [9.17, 15) is 4.39 Å². The van der Waals surface area contributed by atoms with Gasteiger partial charge in [-0.05, 0) is 41.8 Å². The van der Waals surface area contributed by atoms with Crippen LogP contribution in [0.5, 0.6) is 11.5 Å². The summed E-state index contributed by atoms with van der Waals surface area (Å²) in [6, 6.07) is 12.3. The molecule has 0 aliphatic heterocycles. The van der Waals surface area contributed by atoms with Crippen molar-refractivity contribution in [3.63, 3.8) is 0 Å². The molecule has 106 valence electrons. The normalized spacial score (nSPS) is 12.0. The molecule has 2 aromatic carbocycles. The number of nitrogens with two attached hydrogens (primary N) is 1. The summed E-state index contributed by atoms with van der Waals surface area (Å²) in [6.45, 7) is 0. The molecule has 0 aromatic heterocycles. The van der Waals surface area contributed by atoms with Crippen molar-refractivity contribution in [2.45, 2.75) is 12.5 Å². The summed E-state index contributed by atoms with van der Waals surface area (Å²) in [5.74, 6) is 0.630. The quantitative estimate of drug-likeness (QED) is 0.912. The average Bonchev–Trinajstić information content (AvgIpc) is 2.47. The van der Waals surface area contributed by atoms with Gasteiger partial charge in [0.25, 0.3) is 0 Å². The SMILES string of the molecule is COc1cccc(C(N)Cc2ccc(OC)c(F)c2)c1. The maximum atomic E-state index is 13.6. The highest BCUT2D eigenvalue weighted by atomic mass is 19.1. The first-order valence-corrected chi connectivity index (χ1v) is 6.36. The van der Waals surface area contributed by atoms with E-state index >= 15 is 0 Å². The molecule has 0 aliphatic rings. The van der Waals surface area contributed by atoms with Crippen molar-refractivity contribution in [3.8, 4) is 11.5 Å². The zero-order valence-corrected chi connectivity index (χ0v) is 11.6. The van der Waals surface area contributed by atoms with Gasteiger partial charge in [-0.15, -0.1) is 0 Å². The van der Waals surface area contributed by atoms with Gasteiger partial charge < -0.3 is 15.2 Å². The van der Waals surface area contributed by atoms with E-state index in [-0.39, 0.29) is 17.6 Å². The Balaban J connectivity index is 2.14. The number of hydrogen-bond acceptors (Lipinski definition) is 3. The third-order valence-corrected chi connectivity index (χ3v) is 3.19. The summed E-state index contributed by atoms with van der Waals surface area (Å²) in [6.07, 6.45) is 0.550. The molecular weight excluding hydrogens is 257 g/mol. The van der Waals surface area contributed by atoms with Crippen LogP contribution in [0.1, 0.15) is 17.2 Å². The highest BCUT2D eigenvalue weighted by molar-refractivity contribution is 5.33. The summed E-state index contributed by atoms with van der Waals surface area (Å²) in [5.41, 5.74) is 7.95. The molecule has 2 rings (SSSR count). The Kier molecular flexibility index (Phi) is 4.58. The molecule has 0 saturated heterocycles. The van der Waals surface area contributed by atoms with E-state index in [1.807, 2.05) is 30.3 Å². The highest BCUT2D eigenvalue weighted by Gasteiger charge is 2.10. The Labute approximate surface area is 118 Å². The van der Waals surface area contributed by atoms with Crippen molar-refractivity contribution >= 4 is 0 Å². The molecule has 0 heterocycles. The van der Waals surface area contributed by atoms with Crippen molar-refractivity contribution in [1.82, 2.24) is 0 Å². The Morgan fingerprint density at radius 3 is 2.55 bits per heavy atom. The molecule has 3 nitrogen and oxygen atoms in total. The molecule has 0 spiro atoms. The highest BCUT2D eigenvalue weighted by Crippen LogP contribution is 2.23. The van der Waals surface area contributed by atoms with Gasteiger partial charge in [0.2, 0.25) is 0 Å². The molecular formula is C16H18FNO2. The van der Waals surface area contributed by atoms with Crippen LogP contribution in [-0.4, -0.2) is 14.2 Å². The zero-order chi connectivity index (χ0) is 14.5. The largest absolute Gasteiger partial charge is 0.497 e. The van der Waals surface area contributed by atoms with E-state index in [2.05, 4.69) is 0 Å². The average molecular weight is 275 g/mol. The van der Waals surface area contributed by atoms with E-state index in [0.29, 0.717) is 6.42 Å². The second kappa shape index (κ2) is 6.39. The molecule has 0 fully saturated rings. The van der Waals surface area contributed by atoms with Gasteiger partial charge in [-0.25, -0.2) is 4.39 Å². The topological polar surface area (TPSA) is 44.5 Å². The number of ether oxygens (including phenoxy) is 2. The van der Waals surface area contributed by atoms with Gasteiger partial charge in [-0.3, -0.25) is 0 Å². The molecule has 0 radical (unpaired) electrons. The minimum atomic E-state index is -0.372. The lowest BCUT2D eigenvalue weighted by Gasteiger charge is -2.14. The number of halogens is 1. The van der Waals surface area contributed by atoms with E-state index in [0.717, 1.165) is 16.9 Å². The Morgan fingerprint density at radius 2 is 1.90 bits per heavy atom. The second-order valence-electron chi connectivity index (χ2n) is 4.56. The number of rotatable bonds is 5. The van der Waals surface area contributed by atoms with Crippen molar-refractivity contribution in [3.05, 3.63) is 59.4 Å². The van der Waals surface area contributed by atoms with Gasteiger partial charge in [0.15, 0.2) is 11.6 Å².